The number of hydrogen-bond acceptors (Lipinski definition) is 3. The topological polar surface area (TPSA) is 56.1 Å². The number of likely N-dealkylation sites (tertiary alicyclic amines) is 1. The van der Waals surface area contributed by atoms with E-state index in [0.29, 0.717) is 12.6 Å². The number of nitriles is 1. The normalized spacial score (nSPS) is 24.0. The zero-order valence-corrected chi connectivity index (χ0v) is 14.3. The molecule has 1 aliphatic heterocycles. The zero-order valence-electron chi connectivity index (χ0n) is 14.3. The number of carbonyl (C=O) groups is 1. The number of rotatable bonds is 4. The van der Waals surface area contributed by atoms with Gasteiger partial charge in [0.1, 0.15) is 5.54 Å². The van der Waals surface area contributed by atoms with E-state index in [1.54, 1.807) is 0 Å². The van der Waals surface area contributed by atoms with Crippen LogP contribution in [0.15, 0.2) is 30.3 Å². The average Bonchev–Trinajstić information content (AvgIpc) is 2.93. The summed E-state index contributed by atoms with van der Waals surface area (Å²) in [6.07, 6.45) is 8.20. The lowest BCUT2D eigenvalue weighted by molar-refractivity contribution is -0.124. The van der Waals surface area contributed by atoms with Gasteiger partial charge in [-0.05, 0) is 37.8 Å². The minimum Gasteiger partial charge on any atom is -0.337 e. The summed E-state index contributed by atoms with van der Waals surface area (Å²) in [7, 11) is 0. The molecule has 0 radical (unpaired) electrons. The number of amides is 1. The molecule has 1 saturated carbocycles. The van der Waals surface area contributed by atoms with E-state index in [4.69, 9.17) is 0 Å². The van der Waals surface area contributed by atoms with E-state index in [-0.39, 0.29) is 5.91 Å². The van der Waals surface area contributed by atoms with Crippen LogP contribution in [0.5, 0.6) is 0 Å². The number of carbonyl (C=O) groups excluding carboxylic acids is 1. The van der Waals surface area contributed by atoms with Crippen molar-refractivity contribution in [3.8, 4) is 6.07 Å². The Bertz CT molecular complexity index is 585. The maximum Gasteiger partial charge on any atom is 0.235 e. The van der Waals surface area contributed by atoms with Gasteiger partial charge in [-0.25, -0.2) is 0 Å². The largest absolute Gasteiger partial charge is 0.337 e. The van der Waals surface area contributed by atoms with Crippen molar-refractivity contribution in [3.05, 3.63) is 35.9 Å². The van der Waals surface area contributed by atoms with Crippen molar-refractivity contribution >= 4 is 5.91 Å². The minimum atomic E-state index is -0.643. The molecule has 4 heteroatoms. The Balaban J connectivity index is 1.62. The second-order valence-electron chi connectivity index (χ2n) is 7.20. The lowest BCUT2D eigenvalue weighted by Crippen LogP contribution is -2.50. The van der Waals surface area contributed by atoms with E-state index in [0.717, 1.165) is 45.1 Å². The van der Waals surface area contributed by atoms with Gasteiger partial charge in [0.25, 0.3) is 0 Å². The number of nitrogens with zero attached hydrogens (tertiary/aromatic N) is 2. The number of hydrogen-bond donors (Lipinski definition) is 1. The third-order valence-corrected chi connectivity index (χ3v) is 5.44. The summed E-state index contributed by atoms with van der Waals surface area (Å²) >= 11 is 0. The van der Waals surface area contributed by atoms with Crippen LogP contribution in [0, 0.1) is 11.3 Å². The van der Waals surface area contributed by atoms with Gasteiger partial charge in [0, 0.05) is 6.04 Å². The van der Waals surface area contributed by atoms with Crippen LogP contribution in [0.4, 0.5) is 0 Å². The fourth-order valence-electron chi connectivity index (χ4n) is 4.16. The van der Waals surface area contributed by atoms with Gasteiger partial charge >= 0.3 is 0 Å². The number of nitrogens with one attached hydrogen (secondary N) is 1. The first-order chi connectivity index (χ1) is 11.7. The molecule has 1 heterocycles. The molecule has 2 aliphatic rings. The highest BCUT2D eigenvalue weighted by Gasteiger charge is 2.34. The van der Waals surface area contributed by atoms with Crippen molar-refractivity contribution in [3.63, 3.8) is 0 Å². The quantitative estimate of drug-likeness (QED) is 0.861. The molecule has 128 valence electrons. The molecule has 4 nitrogen and oxygen atoms in total. The summed E-state index contributed by atoms with van der Waals surface area (Å²) in [4.78, 5) is 14.9. The first-order valence-electron chi connectivity index (χ1n) is 9.24. The first-order valence-corrected chi connectivity index (χ1v) is 9.24. The van der Waals surface area contributed by atoms with Crippen molar-refractivity contribution in [2.24, 2.45) is 0 Å². The summed E-state index contributed by atoms with van der Waals surface area (Å²) < 4.78 is 0. The van der Waals surface area contributed by atoms with Crippen molar-refractivity contribution < 1.29 is 4.79 Å². The molecule has 3 rings (SSSR count). The first kappa shape index (κ1) is 17.0. The molecule has 1 atom stereocenters. The maximum atomic E-state index is 12.6. The van der Waals surface area contributed by atoms with Gasteiger partial charge in [0.05, 0.1) is 12.6 Å². The summed E-state index contributed by atoms with van der Waals surface area (Å²) in [5.74, 6) is 0.00119. The molecule has 1 aromatic carbocycles. The molecule has 0 spiro atoms. The molecule has 1 amide bonds. The number of benzene rings is 1. The Labute approximate surface area is 144 Å². The van der Waals surface area contributed by atoms with E-state index in [9.17, 15) is 10.1 Å². The summed E-state index contributed by atoms with van der Waals surface area (Å²) in [6.45, 7) is 1.34. The van der Waals surface area contributed by atoms with Gasteiger partial charge < -0.3 is 5.32 Å². The van der Waals surface area contributed by atoms with Gasteiger partial charge in [-0.15, -0.1) is 0 Å². The van der Waals surface area contributed by atoms with Gasteiger partial charge in [0.15, 0.2) is 0 Å². The molecule has 1 saturated heterocycles. The van der Waals surface area contributed by atoms with Crippen molar-refractivity contribution in [2.45, 2.75) is 62.9 Å². The molecular weight excluding hydrogens is 298 g/mol. The summed E-state index contributed by atoms with van der Waals surface area (Å²) in [5, 5.41) is 12.7. The van der Waals surface area contributed by atoms with E-state index in [1.807, 2.05) is 6.07 Å². The van der Waals surface area contributed by atoms with Gasteiger partial charge in [-0.2, -0.15) is 5.26 Å². The highest BCUT2D eigenvalue weighted by molar-refractivity contribution is 5.79. The van der Waals surface area contributed by atoms with Crippen LogP contribution in [-0.4, -0.2) is 29.4 Å². The van der Waals surface area contributed by atoms with E-state index in [1.165, 1.54) is 18.4 Å². The fraction of sp³-hybridized carbons (Fsp3) is 0.600. The zero-order chi connectivity index (χ0) is 16.8. The van der Waals surface area contributed by atoms with E-state index < -0.39 is 5.54 Å². The van der Waals surface area contributed by atoms with Crippen LogP contribution in [-0.2, 0) is 4.79 Å². The van der Waals surface area contributed by atoms with Crippen LogP contribution in [0.2, 0.25) is 0 Å². The van der Waals surface area contributed by atoms with Crippen molar-refractivity contribution in [1.82, 2.24) is 10.2 Å². The van der Waals surface area contributed by atoms with Crippen LogP contribution in [0.1, 0.15) is 63.0 Å². The molecule has 0 bridgehead atoms. The van der Waals surface area contributed by atoms with Gasteiger partial charge in [-0.3, -0.25) is 9.69 Å². The molecule has 1 aromatic rings. The third kappa shape index (κ3) is 3.96. The smallest absolute Gasteiger partial charge is 0.235 e. The second kappa shape index (κ2) is 7.81. The van der Waals surface area contributed by atoms with Crippen LogP contribution in [0.3, 0.4) is 0 Å². The minimum absolute atomic E-state index is 0.00119. The molecule has 1 N–H and O–H groups in total. The van der Waals surface area contributed by atoms with Gasteiger partial charge in [0.2, 0.25) is 5.91 Å². The second-order valence-corrected chi connectivity index (χ2v) is 7.20. The van der Waals surface area contributed by atoms with Crippen LogP contribution >= 0.6 is 0 Å². The Kier molecular flexibility index (Phi) is 5.52. The molecule has 0 aromatic heterocycles. The predicted octanol–water partition coefficient (Wildman–Crippen LogP) is 3.56. The molecule has 24 heavy (non-hydrogen) atoms. The predicted molar refractivity (Wildman–Crippen MR) is 94.2 cm³/mol. The Morgan fingerprint density at radius 2 is 1.88 bits per heavy atom. The van der Waals surface area contributed by atoms with Crippen LogP contribution < -0.4 is 5.32 Å². The van der Waals surface area contributed by atoms with Crippen molar-refractivity contribution in [1.29, 1.82) is 5.26 Å². The highest BCUT2D eigenvalue weighted by atomic mass is 16.2. The van der Waals surface area contributed by atoms with Crippen molar-refractivity contribution in [2.75, 3.05) is 13.1 Å². The standard InChI is InChI=1S/C20H27N3O/c21-16-20(12-6-1-2-7-13-20)22-19(24)15-23-14-8-11-18(23)17-9-4-3-5-10-17/h3-5,9-10,18H,1-2,6-8,11-15H2,(H,22,24). The SMILES string of the molecule is N#CC1(NC(=O)CN2CCCC2c2ccccc2)CCCCCC1. The molecule has 2 fully saturated rings. The molecule has 1 aliphatic carbocycles. The fourth-order valence-corrected chi connectivity index (χ4v) is 4.16. The Morgan fingerprint density at radius 3 is 2.54 bits per heavy atom. The van der Waals surface area contributed by atoms with Crippen LogP contribution in [0.25, 0.3) is 0 Å². The highest BCUT2D eigenvalue weighted by Crippen LogP contribution is 2.31. The summed E-state index contributed by atoms with van der Waals surface area (Å²) in [6, 6.07) is 13.2. The Morgan fingerprint density at radius 1 is 1.17 bits per heavy atom. The Hall–Kier alpha value is -1.86. The summed E-state index contributed by atoms with van der Waals surface area (Å²) in [5.41, 5.74) is 0.641. The third-order valence-electron chi connectivity index (χ3n) is 5.44. The lowest BCUT2D eigenvalue weighted by Gasteiger charge is -2.29. The monoisotopic (exact) mass is 325 g/mol. The molecule has 1 unspecified atom stereocenters. The lowest BCUT2D eigenvalue weighted by atomic mass is 9.92. The average molecular weight is 325 g/mol. The van der Waals surface area contributed by atoms with E-state index >= 15 is 0 Å². The molecular formula is C20H27N3O. The maximum absolute atomic E-state index is 12.6. The van der Waals surface area contributed by atoms with Gasteiger partial charge in [-0.1, -0.05) is 56.0 Å². The van der Waals surface area contributed by atoms with E-state index in [2.05, 4.69) is 40.6 Å².